The van der Waals surface area contributed by atoms with Crippen LogP contribution in [0.2, 0.25) is 5.02 Å². The molecule has 0 spiro atoms. The number of nitrogens with two attached hydrogens (primary N) is 1. The quantitative estimate of drug-likeness (QED) is 0.603. The van der Waals surface area contributed by atoms with Crippen molar-refractivity contribution >= 4 is 23.4 Å². The fourth-order valence-electron chi connectivity index (χ4n) is 5.13. The molecule has 0 radical (unpaired) electrons. The Labute approximate surface area is 185 Å². The summed E-state index contributed by atoms with van der Waals surface area (Å²) in [5, 5.41) is 3.76. The molecule has 0 saturated heterocycles. The second-order valence-electron chi connectivity index (χ2n) is 8.63. The van der Waals surface area contributed by atoms with Crippen molar-refractivity contribution in [2.45, 2.75) is 63.5 Å². The third-order valence-electron chi connectivity index (χ3n) is 6.90. The van der Waals surface area contributed by atoms with Crippen LogP contribution in [0.25, 0.3) is 11.8 Å². The molecule has 2 aromatic carbocycles. The Hall–Kier alpha value is -2.23. The number of ether oxygens (including phenoxy) is 1. The Kier molecular flexibility index (Phi) is 5.95. The van der Waals surface area contributed by atoms with Crippen LogP contribution < -0.4 is 15.8 Å². The van der Waals surface area contributed by atoms with Crippen molar-refractivity contribution in [3.8, 4) is 5.75 Å². The van der Waals surface area contributed by atoms with E-state index in [-0.39, 0.29) is 17.6 Å². The number of rotatable bonds is 5. The molecule has 1 aliphatic heterocycles. The lowest BCUT2D eigenvalue weighted by atomic mass is 9.63. The van der Waals surface area contributed by atoms with E-state index in [0.717, 1.165) is 54.7 Å². The van der Waals surface area contributed by atoms with Crippen molar-refractivity contribution < 1.29 is 4.74 Å². The Morgan fingerprint density at radius 3 is 2.70 bits per heavy atom. The molecular weight excluding hydrogens is 392 g/mol. The van der Waals surface area contributed by atoms with Crippen LogP contribution in [0.15, 0.2) is 49.2 Å². The molecule has 0 amide bonds. The van der Waals surface area contributed by atoms with E-state index in [0.29, 0.717) is 5.02 Å². The average molecular weight is 423 g/mol. The van der Waals surface area contributed by atoms with Crippen LogP contribution in [-0.4, -0.2) is 12.1 Å². The van der Waals surface area contributed by atoms with Crippen LogP contribution in [0.5, 0.6) is 5.75 Å². The van der Waals surface area contributed by atoms with E-state index < -0.39 is 0 Å². The number of hydrogen-bond acceptors (Lipinski definition) is 3. The summed E-state index contributed by atoms with van der Waals surface area (Å²) in [6.07, 6.45) is 9.04. The summed E-state index contributed by atoms with van der Waals surface area (Å²) in [7, 11) is 0. The summed E-state index contributed by atoms with van der Waals surface area (Å²) in [6, 6.07) is 12.8. The van der Waals surface area contributed by atoms with E-state index in [2.05, 4.69) is 50.0 Å². The number of hydrogen-bond donors (Lipinski definition) is 2. The van der Waals surface area contributed by atoms with E-state index in [4.69, 9.17) is 22.1 Å². The lowest BCUT2D eigenvalue weighted by Gasteiger charge is -2.45. The number of benzene rings is 2. The molecule has 4 heteroatoms. The van der Waals surface area contributed by atoms with Crippen molar-refractivity contribution in [2.75, 3.05) is 0 Å². The molecule has 2 aromatic rings. The van der Waals surface area contributed by atoms with Gasteiger partial charge in [0.2, 0.25) is 0 Å². The number of fused-ring (bicyclic) bond motifs is 1. The van der Waals surface area contributed by atoms with E-state index in [1.165, 1.54) is 11.1 Å². The zero-order valence-electron chi connectivity index (χ0n) is 17.9. The van der Waals surface area contributed by atoms with Gasteiger partial charge in [-0.05, 0) is 73.9 Å². The van der Waals surface area contributed by atoms with Gasteiger partial charge in [0.25, 0.3) is 0 Å². The maximum absolute atomic E-state index is 6.71. The van der Waals surface area contributed by atoms with Gasteiger partial charge >= 0.3 is 0 Å². The highest BCUT2D eigenvalue weighted by atomic mass is 35.5. The molecule has 4 rings (SSSR count). The molecule has 158 valence electrons. The number of nitrogens with one attached hydrogen (secondary N) is 1. The zero-order valence-corrected chi connectivity index (χ0v) is 18.6. The Bertz CT molecular complexity index is 973. The highest BCUT2D eigenvalue weighted by Gasteiger charge is 2.42. The Balaban J connectivity index is 1.54. The molecule has 0 bridgehead atoms. The van der Waals surface area contributed by atoms with Crippen LogP contribution in [0.3, 0.4) is 0 Å². The second-order valence-corrected chi connectivity index (χ2v) is 9.04. The number of halogens is 1. The summed E-state index contributed by atoms with van der Waals surface area (Å²) >= 11 is 6.55. The molecule has 1 saturated carbocycles. The van der Waals surface area contributed by atoms with Gasteiger partial charge in [0.05, 0.1) is 11.1 Å². The minimum atomic E-state index is 0.0196. The molecule has 1 unspecified atom stereocenters. The normalized spacial score (nSPS) is 24.1. The lowest BCUT2D eigenvalue weighted by molar-refractivity contribution is 0.103. The molecule has 0 aromatic heterocycles. The summed E-state index contributed by atoms with van der Waals surface area (Å²) in [4.78, 5) is 0. The number of aryl methyl sites for hydroxylation is 1. The summed E-state index contributed by atoms with van der Waals surface area (Å²) < 4.78 is 6.40. The smallest absolute Gasteiger partial charge is 0.138 e. The third-order valence-corrected chi connectivity index (χ3v) is 7.19. The minimum Gasteiger partial charge on any atom is -0.489 e. The van der Waals surface area contributed by atoms with Gasteiger partial charge in [0.15, 0.2) is 0 Å². The second kappa shape index (κ2) is 8.49. The van der Waals surface area contributed by atoms with Gasteiger partial charge in [-0.3, -0.25) is 0 Å². The van der Waals surface area contributed by atoms with Crippen LogP contribution in [0, 0.1) is 6.92 Å². The molecule has 2 aliphatic rings. The first-order valence-corrected chi connectivity index (χ1v) is 11.3. The first-order chi connectivity index (χ1) is 14.4. The van der Waals surface area contributed by atoms with Crippen molar-refractivity contribution in [1.29, 1.82) is 0 Å². The molecule has 30 heavy (non-hydrogen) atoms. The highest BCUT2D eigenvalue weighted by Crippen LogP contribution is 2.45. The fraction of sp³-hybridized carbons (Fsp3) is 0.385. The maximum Gasteiger partial charge on any atom is 0.138 e. The SMILES string of the molecule is C=C1NC=Cc2cc(O[C@H]3CC[C@@](c4ccccc4C)(C(N)CC)CC3)c(Cl)cc21. The van der Waals surface area contributed by atoms with Crippen LogP contribution in [0.1, 0.15) is 61.3 Å². The molecule has 3 nitrogen and oxygen atoms in total. The third kappa shape index (κ3) is 3.77. The van der Waals surface area contributed by atoms with Gasteiger partial charge in [0, 0.05) is 28.9 Å². The minimum absolute atomic E-state index is 0.0196. The average Bonchev–Trinajstić information content (AvgIpc) is 2.75. The van der Waals surface area contributed by atoms with Gasteiger partial charge in [-0.1, -0.05) is 49.4 Å². The molecular formula is C26H31ClN2O. The van der Waals surface area contributed by atoms with E-state index >= 15 is 0 Å². The zero-order chi connectivity index (χ0) is 21.3. The molecule has 1 aliphatic carbocycles. The van der Waals surface area contributed by atoms with Gasteiger partial charge in [-0.15, -0.1) is 0 Å². The van der Waals surface area contributed by atoms with Crippen LogP contribution in [0.4, 0.5) is 0 Å². The monoisotopic (exact) mass is 422 g/mol. The predicted molar refractivity (Wildman–Crippen MR) is 127 cm³/mol. The van der Waals surface area contributed by atoms with Crippen molar-refractivity contribution in [3.05, 3.63) is 76.5 Å². The lowest BCUT2D eigenvalue weighted by Crippen LogP contribution is -2.49. The summed E-state index contributed by atoms with van der Waals surface area (Å²) in [5.41, 5.74) is 12.4. The van der Waals surface area contributed by atoms with Gasteiger partial charge in [0.1, 0.15) is 5.75 Å². The van der Waals surface area contributed by atoms with Crippen molar-refractivity contribution in [2.24, 2.45) is 5.73 Å². The molecule has 3 N–H and O–H groups in total. The standard InChI is InChI=1S/C26H31ClN2O/c1-4-25(28)26(22-8-6-5-7-17(22)2)12-9-20(10-13-26)30-24-15-19-11-14-29-18(3)21(19)16-23(24)27/h5-8,11,14-16,20,25,29H,3-4,9-10,12-13,28H2,1-2H3/t20-,25?,26+. The van der Waals surface area contributed by atoms with Crippen LogP contribution in [-0.2, 0) is 5.41 Å². The topological polar surface area (TPSA) is 47.3 Å². The highest BCUT2D eigenvalue weighted by molar-refractivity contribution is 6.32. The van der Waals surface area contributed by atoms with Crippen molar-refractivity contribution in [3.63, 3.8) is 0 Å². The van der Waals surface area contributed by atoms with E-state index in [1.807, 2.05) is 24.4 Å². The molecule has 1 heterocycles. The fourth-order valence-corrected chi connectivity index (χ4v) is 5.34. The van der Waals surface area contributed by atoms with Crippen LogP contribution >= 0.6 is 11.6 Å². The van der Waals surface area contributed by atoms with Gasteiger partial charge < -0.3 is 15.8 Å². The van der Waals surface area contributed by atoms with E-state index in [1.54, 1.807) is 0 Å². The summed E-state index contributed by atoms with van der Waals surface area (Å²) in [5.74, 6) is 0.753. The molecule has 1 atom stereocenters. The Morgan fingerprint density at radius 1 is 1.27 bits per heavy atom. The molecule has 1 fully saturated rings. The predicted octanol–water partition coefficient (Wildman–Crippen LogP) is 6.19. The first-order valence-electron chi connectivity index (χ1n) is 10.9. The Morgan fingerprint density at radius 2 is 2.00 bits per heavy atom. The largest absolute Gasteiger partial charge is 0.489 e. The van der Waals surface area contributed by atoms with Gasteiger partial charge in [-0.25, -0.2) is 0 Å². The first kappa shape index (κ1) is 21.0. The summed E-state index contributed by atoms with van der Waals surface area (Å²) in [6.45, 7) is 8.44. The van der Waals surface area contributed by atoms with Gasteiger partial charge in [-0.2, -0.15) is 0 Å². The maximum atomic E-state index is 6.71. The van der Waals surface area contributed by atoms with Crippen molar-refractivity contribution in [1.82, 2.24) is 5.32 Å². The van der Waals surface area contributed by atoms with E-state index in [9.17, 15) is 0 Å².